The van der Waals surface area contributed by atoms with E-state index < -0.39 is 0 Å². The molecule has 0 aliphatic heterocycles. The normalized spacial score (nSPS) is 21.4. The Kier molecular flexibility index (Phi) is 4.43. The number of hydrogen-bond acceptors (Lipinski definition) is 1. The Morgan fingerprint density at radius 1 is 1.29 bits per heavy atom. The molecule has 0 aromatic carbocycles. The second-order valence-corrected chi connectivity index (χ2v) is 5.79. The van der Waals surface area contributed by atoms with Crippen LogP contribution in [0.4, 0.5) is 0 Å². The van der Waals surface area contributed by atoms with Gasteiger partial charge in [-0.3, -0.25) is 0 Å². The van der Waals surface area contributed by atoms with Crippen LogP contribution < -0.4 is 0 Å². The molecule has 0 heterocycles. The Morgan fingerprint density at radius 2 is 1.86 bits per heavy atom. The van der Waals surface area contributed by atoms with Crippen LogP contribution in [0.15, 0.2) is 0 Å². The molecule has 0 aromatic heterocycles. The van der Waals surface area contributed by atoms with Gasteiger partial charge in [0, 0.05) is 0 Å². The van der Waals surface area contributed by atoms with E-state index >= 15 is 0 Å². The van der Waals surface area contributed by atoms with Crippen molar-refractivity contribution in [2.75, 3.05) is 0 Å². The maximum absolute atomic E-state index is 9.83. The first-order valence-corrected chi connectivity index (χ1v) is 6.00. The lowest BCUT2D eigenvalue weighted by Gasteiger charge is -2.26. The van der Waals surface area contributed by atoms with Crippen molar-refractivity contribution in [3.63, 3.8) is 0 Å². The van der Waals surface area contributed by atoms with Gasteiger partial charge >= 0.3 is 0 Å². The summed E-state index contributed by atoms with van der Waals surface area (Å²) in [5.74, 6) is 0.919. The zero-order valence-electron chi connectivity index (χ0n) is 9.92. The average molecular weight is 197 g/mol. The molecule has 0 aromatic rings. The lowest BCUT2D eigenvalue weighted by atomic mass is 9.85. The summed E-state index contributed by atoms with van der Waals surface area (Å²) in [6, 6.07) is 0. The van der Waals surface area contributed by atoms with Crippen LogP contribution in [0.2, 0.25) is 0 Å². The molecule has 0 amide bonds. The Hall–Kier alpha value is -0.0400. The van der Waals surface area contributed by atoms with Crippen molar-refractivity contribution in [3.05, 3.63) is 6.42 Å². The van der Waals surface area contributed by atoms with Crippen LogP contribution in [-0.2, 0) is 0 Å². The molecule has 14 heavy (non-hydrogen) atoms. The topological polar surface area (TPSA) is 20.2 Å². The summed E-state index contributed by atoms with van der Waals surface area (Å²) >= 11 is 0. The van der Waals surface area contributed by atoms with E-state index in [0.29, 0.717) is 0 Å². The van der Waals surface area contributed by atoms with E-state index in [1.54, 1.807) is 0 Å². The van der Waals surface area contributed by atoms with Gasteiger partial charge < -0.3 is 5.11 Å². The van der Waals surface area contributed by atoms with Crippen molar-refractivity contribution in [3.8, 4) is 0 Å². The first-order valence-electron chi connectivity index (χ1n) is 6.00. The highest BCUT2D eigenvalue weighted by Crippen LogP contribution is 2.30. The van der Waals surface area contributed by atoms with Gasteiger partial charge in [0.05, 0.1) is 6.10 Å². The predicted molar refractivity (Wildman–Crippen MR) is 61.0 cm³/mol. The monoisotopic (exact) mass is 197 g/mol. The lowest BCUT2D eigenvalue weighted by molar-refractivity contribution is 0.0616. The molecule has 1 N–H and O–H groups in total. The summed E-state index contributed by atoms with van der Waals surface area (Å²) in [5, 5.41) is 9.83. The SMILES string of the molecule is CC(C)(C)C(O)C[CH]CC1CCCC1. The van der Waals surface area contributed by atoms with E-state index in [1.165, 1.54) is 32.1 Å². The summed E-state index contributed by atoms with van der Waals surface area (Å²) in [4.78, 5) is 0. The molecular formula is C13H25O. The first kappa shape index (κ1) is 12.0. The summed E-state index contributed by atoms with van der Waals surface area (Å²) in [7, 11) is 0. The second-order valence-electron chi connectivity index (χ2n) is 5.79. The number of rotatable bonds is 4. The van der Waals surface area contributed by atoms with Gasteiger partial charge in [0.25, 0.3) is 0 Å². The molecule has 0 saturated heterocycles. The van der Waals surface area contributed by atoms with Crippen LogP contribution in [0, 0.1) is 17.8 Å². The van der Waals surface area contributed by atoms with Crippen LogP contribution in [0.5, 0.6) is 0 Å². The molecule has 1 rings (SSSR count). The van der Waals surface area contributed by atoms with Crippen molar-refractivity contribution in [2.24, 2.45) is 11.3 Å². The zero-order valence-corrected chi connectivity index (χ0v) is 9.92. The molecule has 1 fully saturated rings. The third-order valence-corrected chi connectivity index (χ3v) is 3.36. The van der Waals surface area contributed by atoms with Gasteiger partial charge in [-0.25, -0.2) is 0 Å². The van der Waals surface area contributed by atoms with Gasteiger partial charge in [-0.05, 0) is 30.6 Å². The van der Waals surface area contributed by atoms with E-state index in [9.17, 15) is 5.11 Å². The van der Waals surface area contributed by atoms with Crippen LogP contribution in [0.3, 0.4) is 0 Å². The molecule has 0 spiro atoms. The minimum atomic E-state index is -0.177. The maximum Gasteiger partial charge on any atom is 0.0591 e. The van der Waals surface area contributed by atoms with Crippen molar-refractivity contribution >= 4 is 0 Å². The Labute approximate surface area is 88.9 Å². The Morgan fingerprint density at radius 3 is 2.36 bits per heavy atom. The highest BCUT2D eigenvalue weighted by atomic mass is 16.3. The molecule has 1 atom stereocenters. The largest absolute Gasteiger partial charge is 0.393 e. The summed E-state index contributed by atoms with van der Waals surface area (Å²) in [6.45, 7) is 6.29. The molecule has 1 aliphatic rings. The molecular weight excluding hydrogens is 172 g/mol. The van der Waals surface area contributed by atoms with Gasteiger partial charge in [0.15, 0.2) is 0 Å². The van der Waals surface area contributed by atoms with E-state index in [0.717, 1.165) is 12.3 Å². The minimum absolute atomic E-state index is 0.0339. The average Bonchev–Trinajstić information content (AvgIpc) is 2.55. The van der Waals surface area contributed by atoms with Crippen molar-refractivity contribution < 1.29 is 5.11 Å². The van der Waals surface area contributed by atoms with E-state index in [4.69, 9.17) is 0 Å². The standard InChI is InChI=1S/C13H25O/c1-13(2,3)12(14)10-6-9-11-7-4-5-8-11/h6,11-12,14H,4-5,7-10H2,1-3H3. The molecule has 1 heteroatoms. The quantitative estimate of drug-likeness (QED) is 0.730. The second kappa shape index (κ2) is 5.16. The predicted octanol–water partition coefficient (Wildman–Crippen LogP) is 3.57. The number of hydrogen-bond donors (Lipinski definition) is 1. The van der Waals surface area contributed by atoms with E-state index in [2.05, 4.69) is 27.2 Å². The highest BCUT2D eigenvalue weighted by molar-refractivity contribution is 4.82. The zero-order chi connectivity index (χ0) is 10.6. The molecule has 1 radical (unpaired) electrons. The fourth-order valence-corrected chi connectivity index (χ4v) is 2.09. The van der Waals surface area contributed by atoms with Gasteiger partial charge in [0.2, 0.25) is 0 Å². The van der Waals surface area contributed by atoms with Crippen LogP contribution in [0.1, 0.15) is 59.3 Å². The summed E-state index contributed by atoms with van der Waals surface area (Å²) < 4.78 is 0. The molecule has 83 valence electrons. The van der Waals surface area contributed by atoms with E-state index in [-0.39, 0.29) is 11.5 Å². The molecule has 1 saturated carbocycles. The summed E-state index contributed by atoms with van der Waals surface area (Å²) in [5.41, 5.74) is 0.0339. The lowest BCUT2D eigenvalue weighted by Crippen LogP contribution is -2.26. The molecule has 1 unspecified atom stereocenters. The Bertz CT molecular complexity index is 151. The van der Waals surface area contributed by atoms with E-state index in [1.807, 2.05) is 0 Å². The smallest absolute Gasteiger partial charge is 0.0591 e. The van der Waals surface area contributed by atoms with Gasteiger partial charge in [-0.2, -0.15) is 0 Å². The molecule has 1 nitrogen and oxygen atoms in total. The first-order chi connectivity index (χ1) is 6.50. The van der Waals surface area contributed by atoms with Gasteiger partial charge in [-0.1, -0.05) is 46.5 Å². The van der Waals surface area contributed by atoms with Gasteiger partial charge in [0.1, 0.15) is 0 Å². The fraction of sp³-hybridized carbons (Fsp3) is 0.923. The third kappa shape index (κ3) is 4.00. The molecule has 1 aliphatic carbocycles. The Balaban J connectivity index is 2.08. The van der Waals surface area contributed by atoms with Gasteiger partial charge in [-0.15, -0.1) is 0 Å². The third-order valence-electron chi connectivity index (χ3n) is 3.36. The fourth-order valence-electron chi connectivity index (χ4n) is 2.09. The molecule has 0 bridgehead atoms. The highest BCUT2D eigenvalue weighted by Gasteiger charge is 2.22. The minimum Gasteiger partial charge on any atom is -0.393 e. The maximum atomic E-state index is 9.83. The van der Waals surface area contributed by atoms with Crippen molar-refractivity contribution in [2.45, 2.75) is 65.4 Å². The van der Waals surface area contributed by atoms with Crippen molar-refractivity contribution in [1.29, 1.82) is 0 Å². The van der Waals surface area contributed by atoms with Crippen LogP contribution >= 0.6 is 0 Å². The van der Waals surface area contributed by atoms with Crippen molar-refractivity contribution in [1.82, 2.24) is 0 Å². The summed E-state index contributed by atoms with van der Waals surface area (Å²) in [6.07, 6.45) is 9.84. The van der Waals surface area contributed by atoms with Crippen LogP contribution in [-0.4, -0.2) is 11.2 Å². The number of aliphatic hydroxyl groups is 1. The van der Waals surface area contributed by atoms with Crippen LogP contribution in [0.25, 0.3) is 0 Å². The number of aliphatic hydroxyl groups excluding tert-OH is 1.